The van der Waals surface area contributed by atoms with E-state index in [9.17, 15) is 0 Å². The van der Waals surface area contributed by atoms with Crippen molar-refractivity contribution in [3.8, 4) is 0 Å². The molecule has 0 amide bonds. The first-order valence-corrected chi connectivity index (χ1v) is 7.90. The van der Waals surface area contributed by atoms with Gasteiger partial charge in [-0.15, -0.1) is 0 Å². The van der Waals surface area contributed by atoms with Crippen molar-refractivity contribution in [1.29, 1.82) is 0 Å². The van der Waals surface area contributed by atoms with E-state index in [0.29, 0.717) is 17.4 Å². The van der Waals surface area contributed by atoms with Crippen LogP contribution in [0.4, 0.5) is 11.4 Å². The summed E-state index contributed by atoms with van der Waals surface area (Å²) in [5, 5.41) is 4.54. The summed E-state index contributed by atoms with van der Waals surface area (Å²) in [5.41, 5.74) is 2.72. The normalized spacial score (nSPS) is 25.3. The van der Waals surface area contributed by atoms with Gasteiger partial charge in [-0.05, 0) is 42.7 Å². The molecule has 0 saturated heterocycles. The van der Waals surface area contributed by atoms with Crippen molar-refractivity contribution in [3.05, 3.63) is 23.2 Å². The monoisotopic (exact) mass is 294 g/mol. The summed E-state index contributed by atoms with van der Waals surface area (Å²) in [4.78, 5) is 2.09. The zero-order chi connectivity index (χ0) is 14.9. The molecule has 0 spiro atoms. The lowest BCUT2D eigenvalue weighted by Crippen LogP contribution is -2.37. The lowest BCUT2D eigenvalue weighted by Gasteiger charge is -2.40. The SMILES string of the molecule is CC1CC(C)(C)CCC1Nc1cccc(Cl)c1N(C)C. The molecule has 2 atom stereocenters. The zero-order valence-corrected chi connectivity index (χ0v) is 14.1. The maximum Gasteiger partial charge on any atom is 0.0786 e. The Hall–Kier alpha value is -0.890. The summed E-state index contributed by atoms with van der Waals surface area (Å²) in [6.07, 6.45) is 3.79. The molecular weight excluding hydrogens is 268 g/mol. The summed E-state index contributed by atoms with van der Waals surface area (Å²) in [6, 6.07) is 6.65. The van der Waals surface area contributed by atoms with Gasteiger partial charge in [-0.2, -0.15) is 0 Å². The fraction of sp³-hybridized carbons (Fsp3) is 0.647. The fourth-order valence-electron chi connectivity index (χ4n) is 3.45. The second kappa shape index (κ2) is 5.85. The molecule has 1 aliphatic carbocycles. The number of para-hydroxylation sites is 1. The Morgan fingerprint density at radius 1 is 1.30 bits per heavy atom. The summed E-state index contributed by atoms with van der Waals surface area (Å²) in [7, 11) is 4.08. The van der Waals surface area contributed by atoms with Crippen LogP contribution in [0.3, 0.4) is 0 Å². The van der Waals surface area contributed by atoms with E-state index in [2.05, 4.69) is 37.1 Å². The van der Waals surface area contributed by atoms with Gasteiger partial charge in [0, 0.05) is 20.1 Å². The number of anilines is 2. The third kappa shape index (κ3) is 3.41. The summed E-state index contributed by atoms with van der Waals surface area (Å²) in [6.45, 7) is 7.12. The maximum absolute atomic E-state index is 6.34. The highest BCUT2D eigenvalue weighted by Gasteiger charge is 2.32. The largest absolute Gasteiger partial charge is 0.380 e. The quantitative estimate of drug-likeness (QED) is 0.841. The average Bonchev–Trinajstić information content (AvgIpc) is 2.31. The van der Waals surface area contributed by atoms with Crippen molar-refractivity contribution in [2.24, 2.45) is 11.3 Å². The number of hydrogen-bond donors (Lipinski definition) is 1. The van der Waals surface area contributed by atoms with Gasteiger partial charge in [0.2, 0.25) is 0 Å². The molecule has 1 fully saturated rings. The Bertz CT molecular complexity index is 468. The van der Waals surface area contributed by atoms with Crippen molar-refractivity contribution >= 4 is 23.0 Å². The Morgan fingerprint density at radius 2 is 2.00 bits per heavy atom. The molecular formula is C17H27ClN2. The summed E-state index contributed by atoms with van der Waals surface area (Å²) >= 11 is 6.34. The number of hydrogen-bond acceptors (Lipinski definition) is 2. The predicted molar refractivity (Wildman–Crippen MR) is 90.0 cm³/mol. The molecule has 0 heterocycles. The maximum atomic E-state index is 6.34. The molecule has 2 rings (SSSR count). The Morgan fingerprint density at radius 3 is 2.60 bits per heavy atom. The lowest BCUT2D eigenvalue weighted by molar-refractivity contribution is 0.177. The number of nitrogens with zero attached hydrogens (tertiary/aromatic N) is 1. The standard InChI is InChI=1S/C17H27ClN2/c1-12-11-17(2,3)10-9-14(12)19-15-8-6-7-13(18)16(15)20(4)5/h6-8,12,14,19H,9-11H2,1-5H3. The minimum Gasteiger partial charge on any atom is -0.380 e. The van der Waals surface area contributed by atoms with Crippen LogP contribution in [0.2, 0.25) is 5.02 Å². The first-order chi connectivity index (χ1) is 9.30. The van der Waals surface area contributed by atoms with Gasteiger partial charge in [0.25, 0.3) is 0 Å². The minimum absolute atomic E-state index is 0.482. The third-order valence-electron chi connectivity index (χ3n) is 4.47. The van der Waals surface area contributed by atoms with E-state index < -0.39 is 0 Å². The van der Waals surface area contributed by atoms with Crippen LogP contribution in [-0.2, 0) is 0 Å². The molecule has 1 aromatic rings. The van der Waals surface area contributed by atoms with Crippen LogP contribution in [0.5, 0.6) is 0 Å². The van der Waals surface area contributed by atoms with E-state index in [1.165, 1.54) is 19.3 Å². The first-order valence-electron chi connectivity index (χ1n) is 7.52. The molecule has 1 aliphatic rings. The third-order valence-corrected chi connectivity index (χ3v) is 4.77. The van der Waals surface area contributed by atoms with Gasteiger partial charge in [0.15, 0.2) is 0 Å². The first kappa shape index (κ1) is 15.5. The van der Waals surface area contributed by atoms with Gasteiger partial charge in [0.1, 0.15) is 0 Å². The molecule has 0 bridgehead atoms. The highest BCUT2D eigenvalue weighted by atomic mass is 35.5. The molecule has 3 heteroatoms. The van der Waals surface area contributed by atoms with Gasteiger partial charge in [-0.25, -0.2) is 0 Å². The Kier molecular flexibility index (Phi) is 4.53. The highest BCUT2D eigenvalue weighted by Crippen LogP contribution is 2.41. The summed E-state index contributed by atoms with van der Waals surface area (Å²) < 4.78 is 0. The Labute approximate surface area is 128 Å². The van der Waals surface area contributed by atoms with Gasteiger partial charge in [0.05, 0.1) is 16.4 Å². The van der Waals surface area contributed by atoms with Crippen LogP contribution >= 0.6 is 11.6 Å². The average molecular weight is 295 g/mol. The second-order valence-corrected chi connectivity index (χ2v) is 7.57. The molecule has 0 radical (unpaired) electrons. The van der Waals surface area contributed by atoms with Gasteiger partial charge in [-0.1, -0.05) is 38.4 Å². The van der Waals surface area contributed by atoms with Crippen molar-refractivity contribution in [1.82, 2.24) is 0 Å². The molecule has 1 aromatic carbocycles. The number of rotatable bonds is 3. The van der Waals surface area contributed by atoms with Gasteiger partial charge in [-0.3, -0.25) is 0 Å². The van der Waals surface area contributed by atoms with Crippen LogP contribution in [0.25, 0.3) is 0 Å². The molecule has 112 valence electrons. The minimum atomic E-state index is 0.482. The molecule has 20 heavy (non-hydrogen) atoms. The van der Waals surface area contributed by atoms with Crippen molar-refractivity contribution < 1.29 is 0 Å². The topological polar surface area (TPSA) is 15.3 Å². The lowest BCUT2D eigenvalue weighted by atomic mass is 9.70. The van der Waals surface area contributed by atoms with E-state index in [1.54, 1.807) is 0 Å². The highest BCUT2D eigenvalue weighted by molar-refractivity contribution is 6.34. The second-order valence-electron chi connectivity index (χ2n) is 7.17. The van der Waals surface area contributed by atoms with E-state index >= 15 is 0 Å². The van der Waals surface area contributed by atoms with Crippen LogP contribution in [-0.4, -0.2) is 20.1 Å². The number of nitrogens with one attached hydrogen (secondary N) is 1. The van der Waals surface area contributed by atoms with Gasteiger partial charge >= 0.3 is 0 Å². The van der Waals surface area contributed by atoms with E-state index in [-0.39, 0.29) is 0 Å². The van der Waals surface area contributed by atoms with Crippen molar-refractivity contribution in [2.75, 3.05) is 24.3 Å². The van der Waals surface area contributed by atoms with Crippen molar-refractivity contribution in [3.63, 3.8) is 0 Å². The van der Waals surface area contributed by atoms with Crippen LogP contribution < -0.4 is 10.2 Å². The van der Waals surface area contributed by atoms with E-state index in [4.69, 9.17) is 11.6 Å². The smallest absolute Gasteiger partial charge is 0.0786 e. The van der Waals surface area contributed by atoms with Crippen LogP contribution in [0, 0.1) is 11.3 Å². The van der Waals surface area contributed by atoms with Crippen molar-refractivity contribution in [2.45, 2.75) is 46.1 Å². The number of benzene rings is 1. The Balaban J connectivity index is 2.17. The van der Waals surface area contributed by atoms with Crippen LogP contribution in [0.15, 0.2) is 18.2 Å². The predicted octanol–water partition coefficient (Wildman–Crippen LogP) is 5.03. The van der Waals surface area contributed by atoms with E-state index in [1.807, 2.05) is 26.2 Å². The molecule has 1 N–H and O–H groups in total. The molecule has 0 aromatic heterocycles. The zero-order valence-electron chi connectivity index (χ0n) is 13.3. The molecule has 2 nitrogen and oxygen atoms in total. The molecule has 1 saturated carbocycles. The van der Waals surface area contributed by atoms with Crippen LogP contribution in [0.1, 0.15) is 40.0 Å². The fourth-order valence-corrected chi connectivity index (χ4v) is 3.79. The van der Waals surface area contributed by atoms with Gasteiger partial charge < -0.3 is 10.2 Å². The molecule has 2 unspecified atom stereocenters. The summed E-state index contributed by atoms with van der Waals surface area (Å²) in [5.74, 6) is 0.688. The number of halogens is 1. The van der Waals surface area contributed by atoms with E-state index in [0.717, 1.165) is 16.4 Å². The molecule has 0 aliphatic heterocycles.